The first-order valence-electron chi connectivity index (χ1n) is 8.87. The van der Waals surface area contributed by atoms with Crippen molar-refractivity contribution in [1.29, 1.82) is 0 Å². The van der Waals surface area contributed by atoms with E-state index >= 15 is 0 Å². The van der Waals surface area contributed by atoms with Crippen LogP contribution in [0, 0.1) is 0 Å². The van der Waals surface area contributed by atoms with E-state index in [1.807, 2.05) is 25.1 Å². The number of benzene rings is 2. The molecule has 29 heavy (non-hydrogen) atoms. The number of aromatic nitrogens is 1. The summed E-state index contributed by atoms with van der Waals surface area (Å²) >= 11 is 1.29. The summed E-state index contributed by atoms with van der Waals surface area (Å²) in [5.41, 5.74) is 1.16. The fourth-order valence-corrected chi connectivity index (χ4v) is 3.32. The zero-order chi connectivity index (χ0) is 20.6. The maximum atomic E-state index is 12.0. The Labute approximate surface area is 170 Å². The summed E-state index contributed by atoms with van der Waals surface area (Å²) in [5, 5.41) is 5.43. The Morgan fingerprint density at radius 1 is 1.10 bits per heavy atom. The fraction of sp³-hybridized carbons (Fsp3) is 0.200. The molecule has 0 aliphatic heterocycles. The van der Waals surface area contributed by atoms with Crippen LogP contribution in [0.4, 0.5) is 5.13 Å². The summed E-state index contributed by atoms with van der Waals surface area (Å²) in [7, 11) is 0. The highest BCUT2D eigenvalue weighted by molar-refractivity contribution is 7.22. The molecule has 0 saturated heterocycles. The van der Waals surface area contributed by atoms with Crippen LogP contribution in [-0.2, 0) is 14.3 Å². The molecular weight excluding hydrogens is 394 g/mol. The van der Waals surface area contributed by atoms with Gasteiger partial charge in [-0.1, -0.05) is 29.5 Å². The SMILES string of the molecule is CCOc1ccc2nc(NC(=O)COC(=O)CNC(=O)c3ccccc3)sc2c1. The molecule has 8 nitrogen and oxygen atoms in total. The predicted octanol–water partition coefficient (Wildman–Crippen LogP) is 2.61. The molecular formula is C20H19N3O5S. The molecule has 0 fully saturated rings. The minimum atomic E-state index is -0.713. The second-order valence-corrected chi connectivity index (χ2v) is 6.87. The highest BCUT2D eigenvalue weighted by Gasteiger charge is 2.12. The summed E-state index contributed by atoms with van der Waals surface area (Å²) in [4.78, 5) is 39.9. The standard InChI is InChI=1S/C20H19N3O5S/c1-2-27-14-8-9-15-16(10-14)29-20(22-15)23-17(24)12-28-18(25)11-21-19(26)13-6-4-3-5-7-13/h3-10H,2,11-12H2,1H3,(H,21,26)(H,22,23,24). The number of ether oxygens (including phenoxy) is 2. The number of nitrogens with zero attached hydrogens (tertiary/aromatic N) is 1. The highest BCUT2D eigenvalue weighted by atomic mass is 32.1. The van der Waals surface area contributed by atoms with Crippen molar-refractivity contribution in [2.45, 2.75) is 6.92 Å². The minimum absolute atomic E-state index is 0.331. The number of amides is 2. The smallest absolute Gasteiger partial charge is 0.325 e. The van der Waals surface area contributed by atoms with Gasteiger partial charge in [-0.25, -0.2) is 4.98 Å². The van der Waals surface area contributed by atoms with Crippen LogP contribution in [0.15, 0.2) is 48.5 Å². The number of rotatable bonds is 8. The number of fused-ring (bicyclic) bond motifs is 1. The molecule has 0 atom stereocenters. The fourth-order valence-electron chi connectivity index (χ4n) is 2.41. The second kappa shape index (κ2) is 9.65. The summed E-state index contributed by atoms with van der Waals surface area (Å²) in [6.45, 7) is 1.66. The zero-order valence-electron chi connectivity index (χ0n) is 15.6. The van der Waals surface area contributed by atoms with Crippen LogP contribution in [0.5, 0.6) is 5.75 Å². The quantitative estimate of drug-likeness (QED) is 0.550. The van der Waals surface area contributed by atoms with Gasteiger partial charge in [0.05, 0.1) is 16.8 Å². The molecule has 0 radical (unpaired) electrons. The number of hydrogen-bond donors (Lipinski definition) is 2. The van der Waals surface area contributed by atoms with Crippen LogP contribution in [-0.4, -0.2) is 42.5 Å². The van der Waals surface area contributed by atoms with Crippen LogP contribution in [0.2, 0.25) is 0 Å². The molecule has 3 rings (SSSR count). The van der Waals surface area contributed by atoms with Gasteiger partial charge in [-0.3, -0.25) is 19.7 Å². The van der Waals surface area contributed by atoms with E-state index in [1.54, 1.807) is 30.3 Å². The zero-order valence-corrected chi connectivity index (χ0v) is 16.5. The van der Waals surface area contributed by atoms with Gasteiger partial charge in [-0.15, -0.1) is 0 Å². The van der Waals surface area contributed by atoms with Crippen molar-refractivity contribution in [3.63, 3.8) is 0 Å². The highest BCUT2D eigenvalue weighted by Crippen LogP contribution is 2.29. The van der Waals surface area contributed by atoms with Crippen LogP contribution >= 0.6 is 11.3 Å². The van der Waals surface area contributed by atoms with Gasteiger partial charge in [0.15, 0.2) is 11.7 Å². The number of anilines is 1. The van der Waals surface area contributed by atoms with Gasteiger partial charge in [0.2, 0.25) is 0 Å². The number of hydrogen-bond acceptors (Lipinski definition) is 7. The largest absolute Gasteiger partial charge is 0.494 e. The number of carbonyl (C=O) groups excluding carboxylic acids is 3. The average molecular weight is 413 g/mol. The Morgan fingerprint density at radius 3 is 2.66 bits per heavy atom. The predicted molar refractivity (Wildman–Crippen MR) is 109 cm³/mol. The van der Waals surface area contributed by atoms with Crippen molar-refractivity contribution in [1.82, 2.24) is 10.3 Å². The van der Waals surface area contributed by atoms with E-state index in [1.165, 1.54) is 11.3 Å². The molecule has 2 N–H and O–H groups in total. The van der Waals surface area contributed by atoms with E-state index in [4.69, 9.17) is 9.47 Å². The van der Waals surface area contributed by atoms with Crippen LogP contribution in [0.25, 0.3) is 10.2 Å². The molecule has 0 saturated carbocycles. The molecule has 0 bridgehead atoms. The maximum Gasteiger partial charge on any atom is 0.325 e. The van der Waals surface area contributed by atoms with Crippen LogP contribution in [0.1, 0.15) is 17.3 Å². The number of carbonyl (C=O) groups is 3. The van der Waals surface area contributed by atoms with Crippen molar-refractivity contribution >= 4 is 44.5 Å². The van der Waals surface area contributed by atoms with Gasteiger partial charge in [0.1, 0.15) is 12.3 Å². The minimum Gasteiger partial charge on any atom is -0.494 e. The lowest BCUT2D eigenvalue weighted by Crippen LogP contribution is -2.32. The lowest BCUT2D eigenvalue weighted by atomic mass is 10.2. The topological polar surface area (TPSA) is 107 Å². The number of thiazole rings is 1. The summed E-state index contributed by atoms with van der Waals surface area (Å²) in [6, 6.07) is 13.9. The van der Waals surface area contributed by atoms with Gasteiger partial charge >= 0.3 is 5.97 Å². The number of nitrogens with one attached hydrogen (secondary N) is 2. The third kappa shape index (κ3) is 5.76. The first-order chi connectivity index (χ1) is 14.0. The average Bonchev–Trinajstić information content (AvgIpc) is 3.12. The normalized spacial score (nSPS) is 10.4. The molecule has 2 amide bonds. The van der Waals surface area contributed by atoms with E-state index in [0.29, 0.717) is 17.3 Å². The van der Waals surface area contributed by atoms with Crippen molar-refractivity contribution in [2.24, 2.45) is 0 Å². The molecule has 0 aliphatic carbocycles. The molecule has 3 aromatic rings. The van der Waals surface area contributed by atoms with E-state index < -0.39 is 24.4 Å². The van der Waals surface area contributed by atoms with Crippen LogP contribution < -0.4 is 15.4 Å². The van der Waals surface area contributed by atoms with Gasteiger partial charge in [-0.05, 0) is 37.3 Å². The van der Waals surface area contributed by atoms with Crippen LogP contribution in [0.3, 0.4) is 0 Å². The molecule has 9 heteroatoms. The molecule has 1 aromatic heterocycles. The summed E-state index contributed by atoms with van der Waals surface area (Å²) in [6.07, 6.45) is 0. The van der Waals surface area contributed by atoms with E-state index in [2.05, 4.69) is 15.6 Å². The first-order valence-corrected chi connectivity index (χ1v) is 9.69. The lowest BCUT2D eigenvalue weighted by molar-refractivity contribution is -0.146. The van der Waals surface area contributed by atoms with Crippen molar-refractivity contribution in [3.8, 4) is 5.75 Å². The second-order valence-electron chi connectivity index (χ2n) is 5.84. The van der Waals surface area contributed by atoms with Gasteiger partial charge in [0.25, 0.3) is 11.8 Å². The Kier molecular flexibility index (Phi) is 6.75. The Morgan fingerprint density at radius 2 is 1.90 bits per heavy atom. The summed E-state index contributed by atoms with van der Waals surface area (Å²) < 4.78 is 11.2. The monoisotopic (exact) mass is 413 g/mol. The third-order valence-corrected chi connectivity index (χ3v) is 4.64. The third-order valence-electron chi connectivity index (χ3n) is 3.71. The maximum absolute atomic E-state index is 12.0. The van der Waals surface area contributed by atoms with E-state index in [9.17, 15) is 14.4 Å². The number of esters is 1. The van der Waals surface area contributed by atoms with Crippen molar-refractivity contribution in [3.05, 3.63) is 54.1 Å². The molecule has 150 valence electrons. The molecule has 1 heterocycles. The van der Waals surface area contributed by atoms with Gasteiger partial charge in [0, 0.05) is 5.56 Å². The Bertz CT molecular complexity index is 1020. The van der Waals surface area contributed by atoms with Gasteiger partial charge < -0.3 is 14.8 Å². The Hall–Kier alpha value is -3.46. The van der Waals surface area contributed by atoms with Gasteiger partial charge in [-0.2, -0.15) is 0 Å². The first kappa shape index (κ1) is 20.3. The van der Waals surface area contributed by atoms with Crippen molar-refractivity contribution in [2.75, 3.05) is 25.1 Å². The molecule has 0 aliphatic rings. The van der Waals surface area contributed by atoms with E-state index in [-0.39, 0.29) is 6.54 Å². The Balaban J connectivity index is 1.45. The lowest BCUT2D eigenvalue weighted by Gasteiger charge is -2.06. The molecule has 0 spiro atoms. The van der Waals surface area contributed by atoms with Crippen molar-refractivity contribution < 1.29 is 23.9 Å². The molecule has 2 aromatic carbocycles. The molecule has 0 unspecified atom stereocenters. The summed E-state index contributed by atoms with van der Waals surface area (Å²) in [5.74, 6) is -0.896. The van der Waals surface area contributed by atoms with E-state index in [0.717, 1.165) is 16.0 Å².